The third-order valence-electron chi connectivity index (χ3n) is 4.71. The molecular weight excluding hydrogens is 276 g/mol. The molecule has 0 amide bonds. The number of nitrogens with one attached hydrogen (secondary N) is 1. The lowest BCUT2D eigenvalue weighted by Crippen LogP contribution is -2.45. The maximum absolute atomic E-state index is 3.51. The first-order valence-electron chi connectivity index (χ1n) is 8.12. The molecule has 21 heavy (non-hydrogen) atoms. The van der Waals surface area contributed by atoms with E-state index in [9.17, 15) is 0 Å². The standard InChI is InChI=1S/C18H30N2S/c1-13-10-14(2)12-17(11-13)18(19-5)6-7-20-8-9-21-16(4)15(20)3/h10-12,15-16,18-19H,6-9H2,1-5H3. The first-order chi connectivity index (χ1) is 10.0. The summed E-state index contributed by atoms with van der Waals surface area (Å²) < 4.78 is 0. The summed E-state index contributed by atoms with van der Waals surface area (Å²) in [5.74, 6) is 1.28. The summed E-state index contributed by atoms with van der Waals surface area (Å²) >= 11 is 2.11. The first kappa shape index (κ1) is 16.9. The number of rotatable bonds is 5. The Hall–Kier alpha value is -0.510. The molecular formula is C18H30N2S. The lowest BCUT2D eigenvalue weighted by molar-refractivity contribution is 0.202. The molecule has 0 aliphatic carbocycles. The summed E-state index contributed by atoms with van der Waals surface area (Å²) in [5, 5.41) is 4.26. The van der Waals surface area contributed by atoms with Crippen molar-refractivity contribution in [3.8, 4) is 0 Å². The van der Waals surface area contributed by atoms with Crippen LogP contribution in [-0.4, -0.2) is 42.1 Å². The van der Waals surface area contributed by atoms with Crippen LogP contribution in [0.1, 0.15) is 43.0 Å². The van der Waals surface area contributed by atoms with Gasteiger partial charge in [-0.2, -0.15) is 11.8 Å². The molecule has 3 heteroatoms. The lowest BCUT2D eigenvalue weighted by Gasteiger charge is -2.38. The molecule has 0 radical (unpaired) electrons. The van der Waals surface area contributed by atoms with Gasteiger partial charge in [0.1, 0.15) is 0 Å². The average Bonchev–Trinajstić information content (AvgIpc) is 2.43. The van der Waals surface area contributed by atoms with Crippen LogP contribution in [0.2, 0.25) is 0 Å². The van der Waals surface area contributed by atoms with Gasteiger partial charge in [-0.05, 0) is 39.8 Å². The van der Waals surface area contributed by atoms with Crippen molar-refractivity contribution in [2.24, 2.45) is 0 Å². The smallest absolute Gasteiger partial charge is 0.0329 e. The topological polar surface area (TPSA) is 15.3 Å². The minimum Gasteiger partial charge on any atom is -0.313 e. The Morgan fingerprint density at radius 2 is 1.90 bits per heavy atom. The molecule has 0 aromatic heterocycles. The highest BCUT2D eigenvalue weighted by molar-refractivity contribution is 8.00. The van der Waals surface area contributed by atoms with Crippen molar-refractivity contribution >= 4 is 11.8 Å². The van der Waals surface area contributed by atoms with Gasteiger partial charge in [0, 0.05) is 36.2 Å². The van der Waals surface area contributed by atoms with Crippen molar-refractivity contribution in [1.29, 1.82) is 0 Å². The predicted molar refractivity (Wildman–Crippen MR) is 95.3 cm³/mol. The maximum Gasteiger partial charge on any atom is 0.0329 e. The molecule has 1 aromatic rings. The minimum atomic E-state index is 0.459. The molecule has 1 N–H and O–H groups in total. The number of hydrogen-bond acceptors (Lipinski definition) is 3. The number of nitrogens with zero attached hydrogens (tertiary/aromatic N) is 1. The molecule has 1 aliphatic heterocycles. The van der Waals surface area contributed by atoms with E-state index in [0.29, 0.717) is 12.1 Å². The molecule has 118 valence electrons. The summed E-state index contributed by atoms with van der Waals surface area (Å²) in [6, 6.07) is 8.06. The molecule has 3 atom stereocenters. The van der Waals surface area contributed by atoms with Crippen molar-refractivity contribution in [3.63, 3.8) is 0 Å². The quantitative estimate of drug-likeness (QED) is 0.891. The Labute approximate surface area is 134 Å². The van der Waals surface area contributed by atoms with Gasteiger partial charge in [0.25, 0.3) is 0 Å². The molecule has 1 saturated heterocycles. The van der Waals surface area contributed by atoms with Crippen LogP contribution < -0.4 is 5.32 Å². The third-order valence-corrected chi connectivity index (χ3v) is 6.05. The number of thioether (sulfide) groups is 1. The molecule has 2 nitrogen and oxygen atoms in total. The van der Waals surface area contributed by atoms with Crippen molar-refractivity contribution in [1.82, 2.24) is 10.2 Å². The van der Waals surface area contributed by atoms with Gasteiger partial charge in [-0.3, -0.25) is 4.90 Å². The van der Waals surface area contributed by atoms with E-state index in [1.54, 1.807) is 0 Å². The van der Waals surface area contributed by atoms with Crippen LogP contribution in [0.4, 0.5) is 0 Å². The van der Waals surface area contributed by atoms with Gasteiger partial charge in [0.05, 0.1) is 0 Å². The van der Waals surface area contributed by atoms with Crippen LogP contribution in [0, 0.1) is 13.8 Å². The zero-order chi connectivity index (χ0) is 15.4. The lowest BCUT2D eigenvalue weighted by atomic mass is 9.98. The Kier molecular flexibility index (Phi) is 6.15. The summed E-state index contributed by atoms with van der Waals surface area (Å²) in [6.07, 6.45) is 1.18. The van der Waals surface area contributed by atoms with E-state index < -0.39 is 0 Å². The summed E-state index contributed by atoms with van der Waals surface area (Å²) in [6.45, 7) is 11.5. The van der Waals surface area contributed by atoms with Crippen LogP contribution in [-0.2, 0) is 0 Å². The van der Waals surface area contributed by atoms with Gasteiger partial charge < -0.3 is 5.32 Å². The molecule has 3 unspecified atom stereocenters. The average molecular weight is 307 g/mol. The van der Waals surface area contributed by atoms with Gasteiger partial charge in [-0.25, -0.2) is 0 Å². The maximum atomic E-state index is 3.51. The molecule has 0 spiro atoms. The van der Waals surface area contributed by atoms with Gasteiger partial charge in [-0.1, -0.05) is 36.2 Å². The molecule has 2 rings (SSSR count). The van der Waals surface area contributed by atoms with E-state index >= 15 is 0 Å². The highest BCUT2D eigenvalue weighted by Gasteiger charge is 2.25. The van der Waals surface area contributed by atoms with Crippen LogP contribution in [0.15, 0.2) is 18.2 Å². The zero-order valence-corrected chi connectivity index (χ0v) is 15.0. The summed E-state index contributed by atoms with van der Waals surface area (Å²) in [4.78, 5) is 2.66. The Morgan fingerprint density at radius 3 is 2.52 bits per heavy atom. The second-order valence-electron chi connectivity index (χ2n) is 6.40. The Balaban J connectivity index is 1.99. The number of hydrogen-bond donors (Lipinski definition) is 1. The fourth-order valence-electron chi connectivity index (χ4n) is 3.29. The van der Waals surface area contributed by atoms with Crippen molar-refractivity contribution in [2.75, 3.05) is 25.9 Å². The van der Waals surface area contributed by atoms with E-state index in [1.165, 1.54) is 42.0 Å². The van der Waals surface area contributed by atoms with E-state index in [4.69, 9.17) is 0 Å². The van der Waals surface area contributed by atoms with Gasteiger partial charge in [-0.15, -0.1) is 0 Å². The summed E-state index contributed by atoms with van der Waals surface area (Å²) in [5.41, 5.74) is 4.16. The van der Waals surface area contributed by atoms with Crippen molar-refractivity contribution in [3.05, 3.63) is 34.9 Å². The molecule has 1 heterocycles. The van der Waals surface area contributed by atoms with Gasteiger partial charge >= 0.3 is 0 Å². The molecule has 0 saturated carbocycles. The fourth-order valence-corrected chi connectivity index (χ4v) is 4.46. The van der Waals surface area contributed by atoms with E-state index in [2.05, 4.69) is 74.9 Å². The second kappa shape index (κ2) is 7.66. The Morgan fingerprint density at radius 1 is 1.24 bits per heavy atom. The van der Waals surface area contributed by atoms with E-state index in [0.717, 1.165) is 5.25 Å². The molecule has 1 fully saturated rings. The summed E-state index contributed by atoms with van der Waals surface area (Å²) in [7, 11) is 2.08. The minimum absolute atomic E-state index is 0.459. The second-order valence-corrected chi connectivity index (χ2v) is 7.89. The molecule has 1 aromatic carbocycles. The first-order valence-corrected chi connectivity index (χ1v) is 9.17. The third kappa shape index (κ3) is 4.48. The van der Waals surface area contributed by atoms with Gasteiger partial charge in [0.2, 0.25) is 0 Å². The van der Waals surface area contributed by atoms with Crippen LogP contribution in [0.5, 0.6) is 0 Å². The molecule has 1 aliphatic rings. The fraction of sp³-hybridized carbons (Fsp3) is 0.667. The zero-order valence-electron chi connectivity index (χ0n) is 14.1. The van der Waals surface area contributed by atoms with Crippen molar-refractivity contribution in [2.45, 2.75) is 51.4 Å². The number of benzene rings is 1. The van der Waals surface area contributed by atoms with Crippen LogP contribution in [0.25, 0.3) is 0 Å². The monoisotopic (exact) mass is 306 g/mol. The molecule has 0 bridgehead atoms. The highest BCUT2D eigenvalue weighted by Crippen LogP contribution is 2.26. The van der Waals surface area contributed by atoms with Crippen LogP contribution in [0.3, 0.4) is 0 Å². The predicted octanol–water partition coefficient (Wildman–Crippen LogP) is 3.78. The van der Waals surface area contributed by atoms with Crippen molar-refractivity contribution < 1.29 is 0 Å². The van der Waals surface area contributed by atoms with E-state index in [-0.39, 0.29) is 0 Å². The Bertz CT molecular complexity index is 440. The largest absolute Gasteiger partial charge is 0.313 e. The highest BCUT2D eigenvalue weighted by atomic mass is 32.2. The van der Waals surface area contributed by atoms with E-state index in [1.807, 2.05) is 0 Å². The number of aryl methyl sites for hydroxylation is 2. The van der Waals surface area contributed by atoms with Gasteiger partial charge in [0.15, 0.2) is 0 Å². The van der Waals surface area contributed by atoms with Crippen LogP contribution >= 0.6 is 11.8 Å². The normalized spacial score (nSPS) is 25.0. The SMILES string of the molecule is CNC(CCN1CCSC(C)C1C)c1cc(C)cc(C)c1.